The summed E-state index contributed by atoms with van der Waals surface area (Å²) in [4.78, 5) is 15.8. The number of aromatic hydroxyl groups is 1. The Morgan fingerprint density at radius 1 is 1.02 bits per heavy atom. The van der Waals surface area contributed by atoms with Crippen LogP contribution in [0.15, 0.2) is 24.3 Å². The Morgan fingerprint density at radius 2 is 1.80 bits per heavy atom. The highest BCUT2D eigenvalue weighted by atomic mass is 19.3. The van der Waals surface area contributed by atoms with Crippen molar-refractivity contribution in [1.29, 1.82) is 0 Å². The number of nitrogens with one attached hydrogen (secondary N) is 1. The Hall–Kier alpha value is -4.41. The normalized spacial score (nSPS) is 21.7. The summed E-state index contributed by atoms with van der Waals surface area (Å²) in [5.41, 5.74) is -0.630. The molecule has 3 unspecified atom stereocenters. The van der Waals surface area contributed by atoms with Crippen LogP contribution in [0.4, 0.5) is 23.4 Å². The van der Waals surface area contributed by atoms with Gasteiger partial charge in [0.05, 0.1) is 22.6 Å². The summed E-state index contributed by atoms with van der Waals surface area (Å²) in [5, 5.41) is 66.1. The van der Waals surface area contributed by atoms with Crippen LogP contribution in [0.5, 0.6) is 11.8 Å². The number of phenolic OH excluding ortho intramolecular Hbond substituents is 1. The summed E-state index contributed by atoms with van der Waals surface area (Å²) in [6.45, 7) is 0.160. The third kappa shape index (κ3) is 6.26. The molecule has 270 valence electrons. The van der Waals surface area contributed by atoms with E-state index in [0.29, 0.717) is 54.9 Å². The summed E-state index contributed by atoms with van der Waals surface area (Å²) in [6, 6.07) is 4.08. The molecular formula is C34H34F4N6O7. The first-order valence-electron chi connectivity index (χ1n) is 16.3. The van der Waals surface area contributed by atoms with E-state index in [1.165, 1.54) is 18.2 Å². The van der Waals surface area contributed by atoms with Gasteiger partial charge < -0.3 is 45.6 Å². The third-order valence-corrected chi connectivity index (χ3v) is 9.98. The van der Waals surface area contributed by atoms with E-state index in [0.717, 1.165) is 6.07 Å². The molecule has 5 heterocycles. The van der Waals surface area contributed by atoms with Crippen molar-refractivity contribution in [3.05, 3.63) is 47.2 Å². The first kappa shape index (κ1) is 35.0. The topological polar surface area (TPSA) is 188 Å². The highest BCUT2D eigenvalue weighted by molar-refractivity contribution is 6.03. The molecule has 0 radical (unpaired) electrons. The van der Waals surface area contributed by atoms with Crippen molar-refractivity contribution in [1.82, 2.24) is 25.2 Å². The van der Waals surface area contributed by atoms with Crippen LogP contribution in [0.2, 0.25) is 0 Å². The van der Waals surface area contributed by atoms with Crippen molar-refractivity contribution in [2.24, 2.45) is 11.8 Å². The first-order chi connectivity index (χ1) is 24.2. The van der Waals surface area contributed by atoms with Crippen LogP contribution in [-0.4, -0.2) is 108 Å². The Labute approximate surface area is 287 Å². The van der Waals surface area contributed by atoms with Gasteiger partial charge in [-0.3, -0.25) is 0 Å². The van der Waals surface area contributed by atoms with Crippen LogP contribution >= 0.6 is 0 Å². The van der Waals surface area contributed by atoms with Crippen molar-refractivity contribution in [2.75, 3.05) is 37.6 Å². The van der Waals surface area contributed by atoms with Gasteiger partial charge in [-0.2, -0.15) is 9.97 Å². The van der Waals surface area contributed by atoms with Gasteiger partial charge >= 0.3 is 18.1 Å². The number of ether oxygens (including phenoxy) is 1. The summed E-state index contributed by atoms with van der Waals surface area (Å²) in [7, 11) is 0. The molecule has 0 bridgehead atoms. The molecule has 51 heavy (non-hydrogen) atoms. The minimum atomic E-state index is -3.49. The number of alkyl halides is 2. The van der Waals surface area contributed by atoms with Gasteiger partial charge in [0.25, 0.3) is 0 Å². The average Bonchev–Trinajstić information content (AvgIpc) is 3.07. The van der Waals surface area contributed by atoms with Gasteiger partial charge in [0.15, 0.2) is 5.82 Å². The van der Waals surface area contributed by atoms with Gasteiger partial charge in [0.1, 0.15) is 28.6 Å². The van der Waals surface area contributed by atoms with Crippen LogP contribution in [0.25, 0.3) is 32.9 Å². The monoisotopic (exact) mass is 714 g/mol. The second-order valence-electron chi connectivity index (χ2n) is 13.1. The Kier molecular flexibility index (Phi) is 8.91. The molecule has 0 amide bonds. The highest BCUT2D eigenvalue weighted by Crippen LogP contribution is 2.43. The summed E-state index contributed by atoms with van der Waals surface area (Å²) in [5.74, 6) is -6.89. The van der Waals surface area contributed by atoms with Crippen LogP contribution < -0.4 is 15.0 Å². The highest BCUT2D eigenvalue weighted by Gasteiger charge is 2.52. The lowest BCUT2D eigenvalue weighted by Gasteiger charge is -2.44. The molecule has 2 saturated heterocycles. The molecule has 7 rings (SSSR count). The molecule has 4 aromatic rings. The fraction of sp³-hybridized carbons (Fsp3) is 0.441. The average molecular weight is 715 g/mol. The SMILES string of the molecule is C#Cc1c(F)ccc2cc(O)cc(-c3nc4c5c(nc(OC(O)(O)C6CN(C(O)(O)O)CCC6C(F)F)nc5c3F)N3CCNCC3CCC4)c12. The number of aliphatic hydroxyl groups is 5. The van der Waals surface area contributed by atoms with Crippen LogP contribution in [0.3, 0.4) is 0 Å². The van der Waals surface area contributed by atoms with E-state index in [1.54, 1.807) is 0 Å². The van der Waals surface area contributed by atoms with Crippen molar-refractivity contribution >= 4 is 27.5 Å². The maximum absolute atomic E-state index is 17.1. The predicted molar refractivity (Wildman–Crippen MR) is 173 cm³/mol. The zero-order valence-corrected chi connectivity index (χ0v) is 26.9. The number of phenols is 1. The number of nitrogens with zero attached hydrogens (tertiary/aromatic N) is 5. The number of piperidine rings is 1. The number of aromatic nitrogens is 3. The molecule has 0 aliphatic carbocycles. The fourth-order valence-electron chi connectivity index (χ4n) is 7.53. The number of likely N-dealkylation sites (tertiary alicyclic amines) is 1. The molecule has 2 aromatic heterocycles. The molecule has 3 aliphatic heterocycles. The summed E-state index contributed by atoms with van der Waals surface area (Å²) < 4.78 is 65.8. The number of aryl methyl sites for hydroxylation is 1. The van der Waals surface area contributed by atoms with Gasteiger partial charge in [-0.1, -0.05) is 12.0 Å². The molecular weight excluding hydrogens is 680 g/mol. The van der Waals surface area contributed by atoms with Gasteiger partial charge in [-0.05, 0) is 49.3 Å². The predicted octanol–water partition coefficient (Wildman–Crippen LogP) is 1.73. The number of pyridine rings is 1. The number of piperazine rings is 1. The molecule has 7 N–H and O–H groups in total. The maximum Gasteiger partial charge on any atom is 0.345 e. The van der Waals surface area contributed by atoms with Gasteiger partial charge in [0, 0.05) is 55.6 Å². The zero-order valence-electron chi connectivity index (χ0n) is 26.9. The van der Waals surface area contributed by atoms with E-state index in [9.17, 15) is 43.8 Å². The molecule has 2 fully saturated rings. The van der Waals surface area contributed by atoms with Crippen LogP contribution in [0.1, 0.15) is 30.5 Å². The molecule has 3 atom stereocenters. The standard InChI is InChI=1S/C34H34F4N6O7/c1-2-19-23(35)7-6-16-12-18(45)13-21(25(16)19)28-27(36)29-26-24(40-28)5-3-4-17-14-39-9-11-44(17)31(26)42-32(41-29)51-33(46,47)22-15-43(34(48,49)50)10-8-20(22)30(37)38/h1,6-7,12-13,17,20,22,30,39,45-50H,3-5,8-11,14-15H2. The lowest BCUT2D eigenvalue weighted by Crippen LogP contribution is -2.61. The smallest absolute Gasteiger partial charge is 0.345 e. The molecule has 3 aliphatic rings. The fourth-order valence-corrected chi connectivity index (χ4v) is 7.53. The number of rotatable bonds is 6. The Bertz CT molecular complexity index is 2060. The van der Waals surface area contributed by atoms with Gasteiger partial charge in [-0.15, -0.1) is 6.42 Å². The minimum absolute atomic E-state index is 0.0425. The maximum atomic E-state index is 17.1. The van der Waals surface area contributed by atoms with Crippen molar-refractivity contribution in [3.8, 4) is 35.4 Å². The van der Waals surface area contributed by atoms with E-state index in [4.69, 9.17) is 11.2 Å². The second-order valence-corrected chi connectivity index (χ2v) is 13.1. The van der Waals surface area contributed by atoms with Crippen molar-refractivity contribution in [3.63, 3.8) is 0 Å². The number of fused-ring (bicyclic) bond motifs is 3. The molecule has 2 aromatic carbocycles. The quantitative estimate of drug-likeness (QED) is 0.0871. The number of hydrogen-bond acceptors (Lipinski definition) is 13. The molecule has 0 saturated carbocycles. The third-order valence-electron chi connectivity index (χ3n) is 9.98. The number of benzene rings is 2. The van der Waals surface area contributed by atoms with Gasteiger partial charge in [0.2, 0.25) is 6.43 Å². The summed E-state index contributed by atoms with van der Waals surface area (Å²) in [6.07, 6.45) is 0.186. The number of anilines is 1. The largest absolute Gasteiger partial charge is 0.508 e. The van der Waals surface area contributed by atoms with E-state index >= 15 is 4.39 Å². The number of hydrogen-bond donors (Lipinski definition) is 7. The zero-order chi connectivity index (χ0) is 36.4. The lowest BCUT2D eigenvalue weighted by atomic mass is 9.83. The Morgan fingerprint density at radius 3 is 2.53 bits per heavy atom. The number of terminal acetylenes is 1. The second kappa shape index (κ2) is 13.0. The van der Waals surface area contributed by atoms with Gasteiger partial charge in [-0.25, -0.2) is 27.4 Å². The number of halogens is 4. The van der Waals surface area contributed by atoms with Crippen LogP contribution in [-0.2, 0) is 6.42 Å². The van der Waals surface area contributed by atoms with Crippen molar-refractivity contribution in [2.45, 2.75) is 50.2 Å². The van der Waals surface area contributed by atoms with Crippen LogP contribution in [0, 0.1) is 35.8 Å². The minimum Gasteiger partial charge on any atom is -0.508 e. The first-order valence-corrected chi connectivity index (χ1v) is 16.3. The molecule has 13 nitrogen and oxygen atoms in total. The van der Waals surface area contributed by atoms with E-state index in [-0.39, 0.29) is 45.2 Å². The van der Waals surface area contributed by atoms with E-state index in [1.807, 2.05) is 4.90 Å². The molecule has 0 spiro atoms. The Balaban J connectivity index is 1.44. The summed E-state index contributed by atoms with van der Waals surface area (Å²) >= 11 is 0. The molecule has 17 heteroatoms. The van der Waals surface area contributed by atoms with E-state index in [2.05, 4.69) is 26.2 Å². The van der Waals surface area contributed by atoms with Crippen molar-refractivity contribution < 1.29 is 52.9 Å². The lowest BCUT2D eigenvalue weighted by molar-refractivity contribution is -0.413. The van der Waals surface area contributed by atoms with E-state index < -0.39 is 73.0 Å².